The number of halogens is 1. The summed E-state index contributed by atoms with van der Waals surface area (Å²) in [7, 11) is 3.57. The number of hydrogen-bond donors (Lipinski definition) is 1. The predicted octanol–water partition coefficient (Wildman–Crippen LogP) is 1.59. The van der Waals surface area contributed by atoms with E-state index in [0.29, 0.717) is 11.0 Å². The summed E-state index contributed by atoms with van der Waals surface area (Å²) in [4.78, 5) is 18.6. The summed E-state index contributed by atoms with van der Waals surface area (Å²) in [6.07, 6.45) is 1.47. The first kappa shape index (κ1) is 14.0. The molecule has 0 unspecified atom stereocenters. The molecule has 2 N–H and O–H groups in total. The molecule has 0 amide bonds. The zero-order valence-electron chi connectivity index (χ0n) is 11.0. The van der Waals surface area contributed by atoms with Gasteiger partial charge in [0, 0.05) is 24.7 Å². The van der Waals surface area contributed by atoms with Crippen LogP contribution >= 0.6 is 11.6 Å². The molecule has 8 heteroatoms. The lowest BCUT2D eigenvalue weighted by atomic mass is 10.2. The van der Waals surface area contributed by atoms with Gasteiger partial charge in [0.1, 0.15) is 0 Å². The summed E-state index contributed by atoms with van der Waals surface area (Å²) < 4.78 is 0. The average Bonchev–Trinajstić information content (AvgIpc) is 2.40. The Balaban J connectivity index is 2.13. The van der Waals surface area contributed by atoms with Crippen LogP contribution < -0.4 is 15.5 Å². The molecule has 0 saturated carbocycles. The van der Waals surface area contributed by atoms with Crippen molar-refractivity contribution in [2.45, 2.75) is 0 Å². The summed E-state index contributed by atoms with van der Waals surface area (Å²) in [6, 6.07) is 7.26. The molecule has 104 valence electrons. The van der Waals surface area contributed by atoms with Gasteiger partial charge in [0.15, 0.2) is 0 Å². The molecule has 1 aromatic carbocycles. The Bertz CT molecular complexity index is 631. The number of aromatic nitrogens is 3. The maximum absolute atomic E-state index is 5.98. The van der Waals surface area contributed by atoms with Crippen molar-refractivity contribution >= 4 is 29.7 Å². The molecular weight excluding hydrogens is 280 g/mol. The van der Waals surface area contributed by atoms with E-state index in [2.05, 4.69) is 20.1 Å². The molecule has 0 atom stereocenters. The minimum absolute atomic E-state index is 0.0181. The van der Waals surface area contributed by atoms with E-state index < -0.39 is 0 Å². The number of hydrogen-bond acceptors (Lipinski definition) is 7. The van der Waals surface area contributed by atoms with Gasteiger partial charge < -0.3 is 15.5 Å². The Morgan fingerprint density at radius 2 is 2.00 bits per heavy atom. The third-order valence-corrected chi connectivity index (χ3v) is 2.60. The van der Waals surface area contributed by atoms with Crippen LogP contribution in [0.4, 0.5) is 11.9 Å². The normalized spacial score (nSPS) is 10.8. The Kier molecular flexibility index (Phi) is 4.31. The minimum atomic E-state index is 0.0181. The molecule has 0 fully saturated rings. The lowest BCUT2D eigenvalue weighted by Crippen LogP contribution is -2.15. The summed E-state index contributed by atoms with van der Waals surface area (Å²) in [6.45, 7) is 0. The van der Waals surface area contributed by atoms with Crippen molar-refractivity contribution in [2.24, 2.45) is 5.16 Å². The van der Waals surface area contributed by atoms with E-state index in [4.69, 9.17) is 22.2 Å². The van der Waals surface area contributed by atoms with Crippen LogP contribution in [0.2, 0.25) is 5.02 Å². The second-order valence-electron chi connectivity index (χ2n) is 4.02. The van der Waals surface area contributed by atoms with Gasteiger partial charge >= 0.3 is 6.01 Å². The number of rotatable bonds is 4. The van der Waals surface area contributed by atoms with Gasteiger partial charge in [-0.2, -0.15) is 15.0 Å². The zero-order valence-corrected chi connectivity index (χ0v) is 11.7. The van der Waals surface area contributed by atoms with Crippen LogP contribution in [0.3, 0.4) is 0 Å². The van der Waals surface area contributed by atoms with Gasteiger partial charge in [-0.3, -0.25) is 0 Å². The number of nitrogen functional groups attached to an aromatic ring is 1. The van der Waals surface area contributed by atoms with Gasteiger partial charge in [-0.1, -0.05) is 35.0 Å². The summed E-state index contributed by atoms with van der Waals surface area (Å²) >= 11 is 5.98. The quantitative estimate of drug-likeness (QED) is 0.680. The van der Waals surface area contributed by atoms with E-state index in [1.807, 2.05) is 18.2 Å². The largest absolute Gasteiger partial charge is 0.368 e. The van der Waals surface area contributed by atoms with Crippen LogP contribution in [0.25, 0.3) is 0 Å². The smallest absolute Gasteiger partial charge is 0.352 e. The Labute approximate surface area is 121 Å². The van der Waals surface area contributed by atoms with Gasteiger partial charge in [-0.15, -0.1) is 0 Å². The molecule has 1 heterocycles. The first-order valence-corrected chi connectivity index (χ1v) is 6.08. The summed E-state index contributed by atoms with van der Waals surface area (Å²) in [5.41, 5.74) is 6.29. The van der Waals surface area contributed by atoms with Crippen molar-refractivity contribution in [1.82, 2.24) is 15.0 Å². The van der Waals surface area contributed by atoms with E-state index in [9.17, 15) is 0 Å². The molecule has 0 aliphatic carbocycles. The Morgan fingerprint density at radius 1 is 1.25 bits per heavy atom. The monoisotopic (exact) mass is 292 g/mol. The van der Waals surface area contributed by atoms with Crippen molar-refractivity contribution in [1.29, 1.82) is 0 Å². The SMILES string of the molecule is CN(C)c1nc(N)nc(O/N=C\c2ccccc2Cl)n1. The maximum Gasteiger partial charge on any atom is 0.352 e. The van der Waals surface area contributed by atoms with Gasteiger partial charge in [0.2, 0.25) is 11.9 Å². The van der Waals surface area contributed by atoms with E-state index in [1.165, 1.54) is 6.21 Å². The van der Waals surface area contributed by atoms with Crippen molar-refractivity contribution in [3.8, 4) is 6.01 Å². The molecule has 0 aliphatic heterocycles. The van der Waals surface area contributed by atoms with Crippen LogP contribution in [0.1, 0.15) is 5.56 Å². The fraction of sp³-hybridized carbons (Fsp3) is 0.167. The molecule has 0 bridgehead atoms. The fourth-order valence-corrected chi connectivity index (χ4v) is 1.50. The van der Waals surface area contributed by atoms with Gasteiger partial charge in [0.25, 0.3) is 0 Å². The molecule has 1 aromatic heterocycles. The zero-order chi connectivity index (χ0) is 14.5. The highest BCUT2D eigenvalue weighted by molar-refractivity contribution is 6.33. The Morgan fingerprint density at radius 3 is 2.70 bits per heavy atom. The fourth-order valence-electron chi connectivity index (χ4n) is 1.31. The molecule has 0 radical (unpaired) electrons. The second kappa shape index (κ2) is 6.16. The average molecular weight is 293 g/mol. The predicted molar refractivity (Wildman–Crippen MR) is 78.2 cm³/mol. The first-order valence-electron chi connectivity index (χ1n) is 5.70. The minimum Gasteiger partial charge on any atom is -0.368 e. The first-order chi connectivity index (χ1) is 9.56. The molecule has 2 rings (SSSR count). The second-order valence-corrected chi connectivity index (χ2v) is 4.43. The van der Waals surface area contributed by atoms with Crippen LogP contribution in [0.5, 0.6) is 6.01 Å². The number of oxime groups is 1. The summed E-state index contributed by atoms with van der Waals surface area (Å²) in [5.74, 6) is 0.451. The van der Waals surface area contributed by atoms with E-state index in [0.717, 1.165) is 5.56 Å². The van der Waals surface area contributed by atoms with E-state index >= 15 is 0 Å². The number of nitrogens with two attached hydrogens (primary N) is 1. The van der Waals surface area contributed by atoms with Crippen molar-refractivity contribution in [2.75, 3.05) is 24.7 Å². The highest BCUT2D eigenvalue weighted by Crippen LogP contribution is 2.13. The third kappa shape index (κ3) is 3.55. The highest BCUT2D eigenvalue weighted by Gasteiger charge is 2.06. The van der Waals surface area contributed by atoms with Crippen molar-refractivity contribution < 1.29 is 4.84 Å². The third-order valence-electron chi connectivity index (χ3n) is 2.25. The molecule has 0 spiro atoms. The van der Waals surface area contributed by atoms with Gasteiger partial charge in [-0.25, -0.2) is 0 Å². The maximum atomic E-state index is 5.98. The van der Waals surface area contributed by atoms with Gasteiger partial charge in [-0.05, 0) is 6.07 Å². The topological polar surface area (TPSA) is 89.5 Å². The van der Waals surface area contributed by atoms with Crippen molar-refractivity contribution in [3.05, 3.63) is 34.9 Å². The van der Waals surface area contributed by atoms with Crippen molar-refractivity contribution in [3.63, 3.8) is 0 Å². The molecule has 20 heavy (non-hydrogen) atoms. The van der Waals surface area contributed by atoms with Crippen LogP contribution in [-0.2, 0) is 0 Å². The van der Waals surface area contributed by atoms with E-state index in [-0.39, 0.29) is 12.0 Å². The molecular formula is C12H13ClN6O. The molecule has 7 nitrogen and oxygen atoms in total. The highest BCUT2D eigenvalue weighted by atomic mass is 35.5. The lowest BCUT2D eigenvalue weighted by Gasteiger charge is -2.09. The summed E-state index contributed by atoms with van der Waals surface area (Å²) in [5, 5.41) is 4.35. The number of nitrogens with zero attached hydrogens (tertiary/aromatic N) is 5. The number of anilines is 2. The van der Waals surface area contributed by atoms with Gasteiger partial charge in [0.05, 0.1) is 6.21 Å². The Hall–Kier alpha value is -2.41. The van der Waals surface area contributed by atoms with Crippen LogP contribution in [0, 0.1) is 0 Å². The number of benzene rings is 1. The molecule has 0 aliphatic rings. The van der Waals surface area contributed by atoms with Crippen LogP contribution in [0.15, 0.2) is 29.4 Å². The van der Waals surface area contributed by atoms with Crippen LogP contribution in [-0.4, -0.2) is 35.3 Å². The van der Waals surface area contributed by atoms with E-state index in [1.54, 1.807) is 25.1 Å². The lowest BCUT2D eigenvalue weighted by molar-refractivity contribution is 0.315. The molecule has 2 aromatic rings. The standard InChI is InChI=1S/C12H13ClN6O/c1-19(2)11-16-10(14)17-12(18-11)20-15-7-8-5-3-4-6-9(8)13/h3-7H,1-2H3,(H2,14,16,17,18)/b15-7-. The molecule has 0 saturated heterocycles.